The third-order valence-corrected chi connectivity index (χ3v) is 4.95. The summed E-state index contributed by atoms with van der Waals surface area (Å²) in [5, 5.41) is 3.47. The fourth-order valence-corrected chi connectivity index (χ4v) is 3.68. The Morgan fingerprint density at radius 2 is 1.93 bits per heavy atom. The molecule has 1 atom stereocenters. The molecule has 0 saturated carbocycles. The van der Waals surface area contributed by atoms with Gasteiger partial charge in [-0.3, -0.25) is 14.4 Å². The second kappa shape index (κ2) is 10.6. The third-order valence-electron chi connectivity index (χ3n) is 4.51. The normalized spacial score (nSPS) is 16.1. The largest absolute Gasteiger partial charge is 0.385 e. The van der Waals surface area contributed by atoms with E-state index in [1.165, 1.54) is 21.9 Å². The van der Waals surface area contributed by atoms with Crippen molar-refractivity contribution in [3.05, 3.63) is 33.8 Å². The zero-order chi connectivity index (χ0) is 20.7. The van der Waals surface area contributed by atoms with Crippen molar-refractivity contribution >= 4 is 40.9 Å². The van der Waals surface area contributed by atoms with Crippen LogP contribution in [0.25, 0.3) is 0 Å². The van der Waals surface area contributed by atoms with Gasteiger partial charge in [0.15, 0.2) is 0 Å². The van der Waals surface area contributed by atoms with Crippen molar-refractivity contribution < 1.29 is 19.1 Å². The first-order chi connectivity index (χ1) is 13.3. The summed E-state index contributed by atoms with van der Waals surface area (Å²) >= 11 is 12.0. The number of amides is 3. The summed E-state index contributed by atoms with van der Waals surface area (Å²) in [4.78, 5) is 40.5. The zero-order valence-corrected chi connectivity index (χ0v) is 17.6. The van der Waals surface area contributed by atoms with Crippen molar-refractivity contribution in [2.45, 2.75) is 25.3 Å². The second-order valence-corrected chi connectivity index (χ2v) is 7.58. The van der Waals surface area contributed by atoms with Crippen LogP contribution < -0.4 is 5.32 Å². The van der Waals surface area contributed by atoms with Gasteiger partial charge in [0.05, 0.1) is 6.54 Å². The third kappa shape index (κ3) is 6.09. The lowest BCUT2D eigenvalue weighted by Gasteiger charge is -2.28. The highest BCUT2D eigenvalue weighted by molar-refractivity contribution is 6.35. The molecule has 1 N–H and O–H groups in total. The van der Waals surface area contributed by atoms with Gasteiger partial charge in [0.25, 0.3) is 5.91 Å². The summed E-state index contributed by atoms with van der Waals surface area (Å²) in [6.07, 6.45) is 1.97. The van der Waals surface area contributed by atoms with Gasteiger partial charge in [-0.05, 0) is 37.5 Å². The lowest BCUT2D eigenvalue weighted by molar-refractivity contribution is -0.137. The minimum absolute atomic E-state index is 0.0622. The minimum atomic E-state index is -0.600. The van der Waals surface area contributed by atoms with Crippen LogP contribution in [0.15, 0.2) is 18.2 Å². The van der Waals surface area contributed by atoms with Crippen molar-refractivity contribution in [1.82, 2.24) is 15.1 Å². The molecule has 9 heteroatoms. The molecule has 0 radical (unpaired) electrons. The van der Waals surface area contributed by atoms with E-state index < -0.39 is 6.04 Å². The van der Waals surface area contributed by atoms with Gasteiger partial charge in [-0.25, -0.2) is 0 Å². The monoisotopic (exact) mass is 429 g/mol. The van der Waals surface area contributed by atoms with Crippen LogP contribution in [-0.2, 0) is 14.3 Å². The number of hydrogen-bond donors (Lipinski definition) is 1. The van der Waals surface area contributed by atoms with Crippen LogP contribution >= 0.6 is 23.2 Å². The molecular weight excluding hydrogens is 405 g/mol. The van der Waals surface area contributed by atoms with E-state index in [4.69, 9.17) is 27.9 Å². The van der Waals surface area contributed by atoms with Crippen LogP contribution in [0.2, 0.25) is 10.0 Å². The van der Waals surface area contributed by atoms with Crippen LogP contribution in [-0.4, -0.2) is 74.0 Å². The van der Waals surface area contributed by atoms with Gasteiger partial charge in [-0.15, -0.1) is 0 Å². The maximum absolute atomic E-state index is 12.9. The number of rotatable bonds is 8. The Bertz CT molecular complexity index is 709. The number of ether oxygens (including phenoxy) is 1. The lowest BCUT2D eigenvalue weighted by Crippen LogP contribution is -2.49. The maximum atomic E-state index is 12.9. The fraction of sp³-hybridized carbons (Fsp3) is 0.526. The molecule has 0 bridgehead atoms. The Labute approximate surface area is 174 Å². The van der Waals surface area contributed by atoms with Gasteiger partial charge in [-0.1, -0.05) is 23.2 Å². The number of methoxy groups -OCH3 is 1. The number of nitrogens with one attached hydrogen (secondary N) is 1. The first kappa shape index (κ1) is 22.5. The molecule has 1 aromatic rings. The highest BCUT2D eigenvalue weighted by atomic mass is 35.5. The van der Waals surface area contributed by atoms with E-state index in [9.17, 15) is 14.4 Å². The van der Waals surface area contributed by atoms with Gasteiger partial charge >= 0.3 is 0 Å². The van der Waals surface area contributed by atoms with Crippen molar-refractivity contribution in [3.63, 3.8) is 0 Å². The summed E-state index contributed by atoms with van der Waals surface area (Å²) < 4.78 is 4.93. The van der Waals surface area contributed by atoms with Gasteiger partial charge < -0.3 is 19.9 Å². The van der Waals surface area contributed by atoms with Crippen LogP contribution in [0.3, 0.4) is 0 Å². The molecule has 154 valence electrons. The lowest BCUT2D eigenvalue weighted by atomic mass is 10.1. The van der Waals surface area contributed by atoms with Crippen LogP contribution in [0, 0.1) is 0 Å². The van der Waals surface area contributed by atoms with Crippen LogP contribution in [0.4, 0.5) is 0 Å². The number of benzene rings is 1. The molecule has 0 spiro atoms. The maximum Gasteiger partial charge on any atom is 0.254 e. The number of carbonyl (C=O) groups is 3. The van der Waals surface area contributed by atoms with Crippen LogP contribution in [0.1, 0.15) is 29.6 Å². The van der Waals surface area contributed by atoms with Crippen molar-refractivity contribution in [2.24, 2.45) is 0 Å². The highest BCUT2D eigenvalue weighted by Gasteiger charge is 2.36. The Morgan fingerprint density at radius 3 is 2.57 bits per heavy atom. The molecule has 2 rings (SSSR count). The molecule has 1 aliphatic heterocycles. The predicted molar refractivity (Wildman–Crippen MR) is 108 cm³/mol. The van der Waals surface area contributed by atoms with E-state index in [0.29, 0.717) is 54.6 Å². The van der Waals surface area contributed by atoms with E-state index in [1.54, 1.807) is 20.2 Å². The molecule has 28 heavy (non-hydrogen) atoms. The summed E-state index contributed by atoms with van der Waals surface area (Å²) in [6, 6.07) is 4.02. The number of likely N-dealkylation sites (tertiary alicyclic amines) is 1. The molecule has 1 unspecified atom stereocenters. The zero-order valence-electron chi connectivity index (χ0n) is 16.0. The number of nitrogens with zero attached hydrogens (tertiary/aromatic N) is 2. The summed E-state index contributed by atoms with van der Waals surface area (Å²) in [5.74, 6) is -0.798. The fourth-order valence-electron chi connectivity index (χ4n) is 3.16. The number of hydrogen-bond acceptors (Lipinski definition) is 4. The first-order valence-electron chi connectivity index (χ1n) is 9.11. The van der Waals surface area contributed by atoms with Gasteiger partial charge in [0.1, 0.15) is 6.04 Å². The molecule has 1 aliphatic rings. The number of halogens is 2. The molecule has 1 aromatic carbocycles. The highest BCUT2D eigenvalue weighted by Crippen LogP contribution is 2.25. The molecule has 7 nitrogen and oxygen atoms in total. The van der Waals surface area contributed by atoms with Gasteiger partial charge in [-0.2, -0.15) is 0 Å². The summed E-state index contributed by atoms with van der Waals surface area (Å²) in [7, 11) is 3.16. The molecule has 0 aliphatic carbocycles. The molecule has 3 amide bonds. The Balaban J connectivity index is 1.97. The number of likely N-dealkylation sites (N-methyl/N-ethyl adjacent to an activating group) is 1. The summed E-state index contributed by atoms with van der Waals surface area (Å²) in [5.41, 5.74) is 0.343. The van der Waals surface area contributed by atoms with Gasteiger partial charge in [0.2, 0.25) is 11.8 Å². The van der Waals surface area contributed by atoms with Gasteiger partial charge in [0, 0.05) is 49.5 Å². The van der Waals surface area contributed by atoms with E-state index in [-0.39, 0.29) is 24.3 Å². The smallest absolute Gasteiger partial charge is 0.254 e. The van der Waals surface area contributed by atoms with Crippen molar-refractivity contribution in [1.29, 1.82) is 0 Å². The van der Waals surface area contributed by atoms with E-state index >= 15 is 0 Å². The molecule has 0 aromatic heterocycles. The second-order valence-electron chi connectivity index (χ2n) is 6.71. The average molecular weight is 430 g/mol. The predicted octanol–water partition coefficient (Wildman–Crippen LogP) is 2.21. The van der Waals surface area contributed by atoms with E-state index in [0.717, 1.165) is 0 Å². The minimum Gasteiger partial charge on any atom is -0.385 e. The molecular formula is C19H25Cl2N3O4. The van der Waals surface area contributed by atoms with Crippen molar-refractivity contribution in [3.8, 4) is 0 Å². The Morgan fingerprint density at radius 1 is 1.25 bits per heavy atom. The van der Waals surface area contributed by atoms with Crippen LogP contribution in [0.5, 0.6) is 0 Å². The molecule has 1 saturated heterocycles. The molecule has 1 heterocycles. The standard InChI is InChI=1S/C19H25Cl2N3O4/c1-23(12-17(25)22-6-4-8-28-2)19(27)16-5-3-7-24(16)18(26)13-9-14(20)11-15(21)10-13/h9-11,16H,3-8,12H2,1-2H3,(H,22,25). The molecule has 1 fully saturated rings. The number of carbonyl (C=O) groups excluding carboxylic acids is 3. The topological polar surface area (TPSA) is 79.0 Å². The average Bonchev–Trinajstić information content (AvgIpc) is 3.12. The van der Waals surface area contributed by atoms with E-state index in [2.05, 4.69) is 5.32 Å². The quantitative estimate of drug-likeness (QED) is 0.642. The Kier molecular flexibility index (Phi) is 8.54. The Hall–Kier alpha value is -1.83. The van der Waals surface area contributed by atoms with E-state index in [1.807, 2.05) is 0 Å². The SMILES string of the molecule is COCCCNC(=O)CN(C)C(=O)C1CCCN1C(=O)c1cc(Cl)cc(Cl)c1. The summed E-state index contributed by atoms with van der Waals surface area (Å²) in [6.45, 7) is 1.45. The first-order valence-corrected chi connectivity index (χ1v) is 9.86. The van der Waals surface area contributed by atoms with Crippen molar-refractivity contribution in [2.75, 3.05) is 40.4 Å².